The molecule has 2 aromatic rings. The minimum Gasteiger partial charge on any atom is -0.465 e. The van der Waals surface area contributed by atoms with Gasteiger partial charge in [-0.05, 0) is 48.6 Å². The maximum absolute atomic E-state index is 11.8. The van der Waals surface area contributed by atoms with E-state index in [4.69, 9.17) is 16.6 Å². The highest BCUT2D eigenvalue weighted by Crippen LogP contribution is 2.16. The van der Waals surface area contributed by atoms with Crippen molar-refractivity contribution in [3.05, 3.63) is 54.5 Å². The van der Waals surface area contributed by atoms with Gasteiger partial charge in [0.05, 0.1) is 6.26 Å². The Morgan fingerprint density at radius 1 is 1.12 bits per heavy atom. The summed E-state index contributed by atoms with van der Waals surface area (Å²) in [7, 11) is 0. The van der Waals surface area contributed by atoms with Gasteiger partial charge in [0.1, 0.15) is 5.76 Å². The van der Waals surface area contributed by atoms with E-state index in [-0.39, 0.29) is 22.8 Å². The number of amides is 2. The van der Waals surface area contributed by atoms with E-state index >= 15 is 0 Å². The van der Waals surface area contributed by atoms with Crippen molar-refractivity contribution in [1.29, 1.82) is 0 Å². The summed E-state index contributed by atoms with van der Waals surface area (Å²) in [6, 6.07) is 10.5. The number of furan rings is 1. The summed E-state index contributed by atoms with van der Waals surface area (Å²) < 4.78 is 5.10. The second kappa shape index (κ2) is 8.79. The molecule has 0 bridgehead atoms. The lowest BCUT2D eigenvalue weighted by Crippen LogP contribution is -2.32. The van der Waals surface area contributed by atoms with E-state index in [1.807, 2.05) is 13.8 Å². The normalized spacial score (nSPS) is 10.7. The first kappa shape index (κ1) is 18.4. The SMILES string of the molecule is CC(C)C(=O)Nc1cccc(NC(=S)NC(=O)C=Cc2ccco2)c1. The van der Waals surface area contributed by atoms with Gasteiger partial charge < -0.3 is 15.1 Å². The second-order valence-corrected chi connectivity index (χ2v) is 5.93. The fourth-order valence-corrected chi connectivity index (χ4v) is 2.04. The van der Waals surface area contributed by atoms with Crippen molar-refractivity contribution >= 4 is 46.6 Å². The molecule has 1 heterocycles. The van der Waals surface area contributed by atoms with E-state index in [1.54, 1.807) is 42.5 Å². The van der Waals surface area contributed by atoms with E-state index in [1.165, 1.54) is 12.3 Å². The average molecular weight is 357 g/mol. The molecule has 25 heavy (non-hydrogen) atoms. The molecule has 6 nitrogen and oxygen atoms in total. The predicted octanol–water partition coefficient (Wildman–Crippen LogP) is 3.40. The van der Waals surface area contributed by atoms with Crippen molar-refractivity contribution in [3.8, 4) is 0 Å². The molecule has 0 atom stereocenters. The fraction of sp³-hybridized carbons (Fsp3) is 0.167. The van der Waals surface area contributed by atoms with Gasteiger partial charge in [0, 0.05) is 23.4 Å². The van der Waals surface area contributed by atoms with Crippen molar-refractivity contribution < 1.29 is 14.0 Å². The summed E-state index contributed by atoms with van der Waals surface area (Å²) in [4.78, 5) is 23.5. The van der Waals surface area contributed by atoms with Gasteiger partial charge in [0.25, 0.3) is 0 Å². The van der Waals surface area contributed by atoms with Gasteiger partial charge in [0.2, 0.25) is 11.8 Å². The minimum atomic E-state index is -0.377. The molecule has 130 valence electrons. The Bertz CT molecular complexity index is 783. The lowest BCUT2D eigenvalue weighted by molar-refractivity contribution is -0.119. The number of hydrogen-bond acceptors (Lipinski definition) is 4. The molecule has 0 aliphatic carbocycles. The summed E-state index contributed by atoms with van der Waals surface area (Å²) in [6.07, 6.45) is 4.39. The van der Waals surface area contributed by atoms with Crippen LogP contribution in [0.2, 0.25) is 0 Å². The van der Waals surface area contributed by atoms with Crippen molar-refractivity contribution in [2.45, 2.75) is 13.8 Å². The van der Waals surface area contributed by atoms with Crippen LogP contribution in [0.1, 0.15) is 19.6 Å². The highest BCUT2D eigenvalue weighted by Gasteiger charge is 2.08. The van der Waals surface area contributed by atoms with Crippen LogP contribution in [0.5, 0.6) is 0 Å². The Morgan fingerprint density at radius 2 is 1.84 bits per heavy atom. The molecule has 2 amide bonds. The monoisotopic (exact) mass is 357 g/mol. The Labute approximate surface area is 151 Å². The molecule has 1 aromatic heterocycles. The zero-order valence-electron chi connectivity index (χ0n) is 13.9. The molecule has 0 unspecified atom stereocenters. The zero-order valence-corrected chi connectivity index (χ0v) is 14.7. The van der Waals surface area contributed by atoms with E-state index in [0.717, 1.165) is 0 Å². The minimum absolute atomic E-state index is 0.0731. The Kier molecular flexibility index (Phi) is 6.47. The molecule has 0 aliphatic heterocycles. The van der Waals surface area contributed by atoms with Gasteiger partial charge in [-0.25, -0.2) is 0 Å². The van der Waals surface area contributed by atoms with Gasteiger partial charge >= 0.3 is 0 Å². The smallest absolute Gasteiger partial charge is 0.250 e. The van der Waals surface area contributed by atoms with Crippen molar-refractivity contribution in [2.24, 2.45) is 5.92 Å². The van der Waals surface area contributed by atoms with Crippen LogP contribution in [-0.4, -0.2) is 16.9 Å². The van der Waals surface area contributed by atoms with Crippen LogP contribution in [-0.2, 0) is 9.59 Å². The van der Waals surface area contributed by atoms with Crippen molar-refractivity contribution in [3.63, 3.8) is 0 Å². The fourth-order valence-electron chi connectivity index (χ4n) is 1.82. The van der Waals surface area contributed by atoms with E-state index in [0.29, 0.717) is 17.1 Å². The molecule has 0 saturated carbocycles. The number of thiocarbonyl (C=S) groups is 1. The van der Waals surface area contributed by atoms with Gasteiger partial charge in [0.15, 0.2) is 5.11 Å². The summed E-state index contributed by atoms with van der Waals surface area (Å²) in [6.45, 7) is 3.64. The predicted molar refractivity (Wildman–Crippen MR) is 102 cm³/mol. The number of carbonyl (C=O) groups is 2. The van der Waals surface area contributed by atoms with Crippen LogP contribution in [0.15, 0.2) is 53.2 Å². The molecule has 0 spiro atoms. The molecule has 0 fully saturated rings. The third-order valence-electron chi connectivity index (χ3n) is 3.09. The first-order chi connectivity index (χ1) is 11.9. The van der Waals surface area contributed by atoms with Crippen LogP contribution < -0.4 is 16.0 Å². The number of carbonyl (C=O) groups excluding carboxylic acids is 2. The van der Waals surface area contributed by atoms with Crippen molar-refractivity contribution in [1.82, 2.24) is 5.32 Å². The van der Waals surface area contributed by atoms with Crippen molar-refractivity contribution in [2.75, 3.05) is 10.6 Å². The second-order valence-electron chi connectivity index (χ2n) is 5.52. The maximum Gasteiger partial charge on any atom is 0.250 e. The maximum atomic E-state index is 11.8. The Balaban J connectivity index is 1.89. The van der Waals surface area contributed by atoms with E-state index in [9.17, 15) is 9.59 Å². The van der Waals surface area contributed by atoms with Crippen LogP contribution in [0.25, 0.3) is 6.08 Å². The molecule has 0 radical (unpaired) electrons. The average Bonchev–Trinajstić information content (AvgIpc) is 3.06. The third kappa shape index (κ3) is 6.23. The molecular formula is C18H19N3O3S. The number of anilines is 2. The molecule has 1 aromatic carbocycles. The Morgan fingerprint density at radius 3 is 2.48 bits per heavy atom. The third-order valence-corrected chi connectivity index (χ3v) is 3.30. The van der Waals surface area contributed by atoms with Crippen LogP contribution in [0.4, 0.5) is 11.4 Å². The van der Waals surface area contributed by atoms with Gasteiger partial charge in [-0.1, -0.05) is 19.9 Å². The molecule has 2 rings (SSSR count). The first-order valence-electron chi connectivity index (χ1n) is 7.68. The van der Waals surface area contributed by atoms with E-state index < -0.39 is 0 Å². The summed E-state index contributed by atoms with van der Waals surface area (Å²) in [5.41, 5.74) is 1.30. The number of nitrogens with one attached hydrogen (secondary N) is 3. The number of rotatable bonds is 5. The first-order valence-corrected chi connectivity index (χ1v) is 8.09. The molecule has 0 saturated heterocycles. The molecule has 3 N–H and O–H groups in total. The lowest BCUT2D eigenvalue weighted by atomic mass is 10.2. The number of hydrogen-bond donors (Lipinski definition) is 3. The zero-order chi connectivity index (χ0) is 18.2. The lowest BCUT2D eigenvalue weighted by Gasteiger charge is -2.11. The quantitative estimate of drug-likeness (QED) is 0.564. The summed E-state index contributed by atoms with van der Waals surface area (Å²) in [5.74, 6) is 0.00908. The van der Waals surface area contributed by atoms with Gasteiger partial charge in [-0.2, -0.15) is 0 Å². The largest absolute Gasteiger partial charge is 0.465 e. The highest BCUT2D eigenvalue weighted by molar-refractivity contribution is 7.80. The number of benzene rings is 1. The topological polar surface area (TPSA) is 83.4 Å². The molecule has 0 aliphatic rings. The Hall–Kier alpha value is -2.93. The standard InChI is InChI=1S/C18H19N3O3S/c1-12(2)17(23)19-13-5-3-6-14(11-13)20-18(25)21-16(22)9-8-15-7-4-10-24-15/h3-12H,1-2H3,(H,19,23)(H2,20,21,22,25). The van der Waals surface area contributed by atoms with Gasteiger partial charge in [-0.15, -0.1) is 0 Å². The highest BCUT2D eigenvalue weighted by atomic mass is 32.1. The summed E-state index contributed by atoms with van der Waals surface area (Å²) >= 11 is 5.11. The van der Waals surface area contributed by atoms with Crippen LogP contribution in [0, 0.1) is 5.92 Å². The van der Waals surface area contributed by atoms with Crippen LogP contribution >= 0.6 is 12.2 Å². The molecule has 7 heteroatoms. The molecular weight excluding hydrogens is 338 g/mol. The van der Waals surface area contributed by atoms with E-state index in [2.05, 4.69) is 16.0 Å². The summed E-state index contributed by atoms with van der Waals surface area (Å²) in [5, 5.41) is 8.39. The van der Waals surface area contributed by atoms with Crippen LogP contribution in [0.3, 0.4) is 0 Å². The van der Waals surface area contributed by atoms with Gasteiger partial charge in [-0.3, -0.25) is 14.9 Å².